The van der Waals surface area contributed by atoms with E-state index < -0.39 is 0 Å². The van der Waals surface area contributed by atoms with Crippen molar-refractivity contribution >= 4 is 0 Å². The molecule has 1 heterocycles. The Balaban J connectivity index is 0. The van der Waals surface area contributed by atoms with Gasteiger partial charge in [-0.05, 0) is 12.1 Å². The molecule has 0 N–H and O–H groups in total. The van der Waals surface area contributed by atoms with Gasteiger partial charge in [-0.3, -0.25) is 4.98 Å². The van der Waals surface area contributed by atoms with E-state index in [1.165, 1.54) is 13.8 Å². The van der Waals surface area contributed by atoms with Crippen molar-refractivity contribution in [1.82, 2.24) is 4.98 Å². The third-order valence-electron chi connectivity index (χ3n) is 0.566. The summed E-state index contributed by atoms with van der Waals surface area (Å²) in [5.41, 5.74) is 0. The van der Waals surface area contributed by atoms with Gasteiger partial charge in [-0.1, -0.05) is 6.07 Å². The average Bonchev–Trinajstić information content (AvgIpc) is 2.10. The molecule has 0 amide bonds. The second-order valence-corrected chi connectivity index (χ2v) is 1.47. The van der Waals surface area contributed by atoms with Crippen molar-refractivity contribution in [2.24, 2.45) is 0 Å². The lowest BCUT2D eigenvalue weighted by Crippen LogP contribution is -1.58. The maximum atomic E-state index is 7.32. The monoisotopic (exact) mass is 161 g/mol. The molecule has 0 fully saturated rings. The minimum Gasteiger partial charge on any atom is -0.265 e. The quantitative estimate of drug-likeness (QED) is 0.585. The molecule has 12 heavy (non-hydrogen) atoms. The zero-order valence-corrected chi connectivity index (χ0v) is 7.23. The van der Waals surface area contributed by atoms with Crippen molar-refractivity contribution in [3.63, 3.8) is 0 Å². The number of hydrogen-bond acceptors (Lipinski definition) is 3. The molecule has 0 atom stereocenters. The molecule has 1 aromatic rings. The molecule has 1 rings (SSSR count). The first kappa shape index (κ1) is 12.8. The number of pyridine rings is 1. The summed E-state index contributed by atoms with van der Waals surface area (Å²) in [4.78, 5) is 3.78. The van der Waals surface area contributed by atoms with E-state index in [0.29, 0.717) is 0 Å². The lowest BCUT2D eigenvalue weighted by molar-refractivity contribution is 1.33. The molecular formula is C9H11N3. The van der Waals surface area contributed by atoms with Crippen LogP contribution in [0, 0.1) is 22.7 Å². The molecule has 0 saturated carbocycles. The van der Waals surface area contributed by atoms with E-state index in [2.05, 4.69) is 4.98 Å². The molecule has 0 unspecified atom stereocenters. The van der Waals surface area contributed by atoms with Gasteiger partial charge in [-0.25, -0.2) is 0 Å². The Morgan fingerprint density at radius 3 is 1.33 bits per heavy atom. The molecule has 1 aromatic heterocycles. The number of aromatic nitrogens is 1. The zero-order valence-electron chi connectivity index (χ0n) is 7.23. The third kappa shape index (κ3) is 24.2. The van der Waals surface area contributed by atoms with Crippen LogP contribution in [-0.2, 0) is 0 Å². The van der Waals surface area contributed by atoms with Crippen molar-refractivity contribution in [3.05, 3.63) is 30.6 Å². The Kier molecular flexibility index (Phi) is 17.1. The maximum Gasteiger partial charge on any atom is 0.0587 e. The Morgan fingerprint density at radius 1 is 0.917 bits per heavy atom. The molecule has 3 heteroatoms. The summed E-state index contributed by atoms with van der Waals surface area (Å²) in [6.45, 7) is 2.86. The first-order valence-corrected chi connectivity index (χ1v) is 3.30. The van der Waals surface area contributed by atoms with Crippen molar-refractivity contribution in [1.29, 1.82) is 10.5 Å². The molecule has 0 aromatic carbocycles. The maximum absolute atomic E-state index is 7.32. The number of nitriles is 2. The molecule has 62 valence electrons. The van der Waals surface area contributed by atoms with Crippen molar-refractivity contribution < 1.29 is 0 Å². The van der Waals surface area contributed by atoms with Gasteiger partial charge < -0.3 is 0 Å². The van der Waals surface area contributed by atoms with Crippen LogP contribution in [0.2, 0.25) is 0 Å². The van der Waals surface area contributed by atoms with Crippen LogP contribution in [0.1, 0.15) is 13.8 Å². The minimum absolute atomic E-state index is 1.43. The van der Waals surface area contributed by atoms with Crippen LogP contribution >= 0.6 is 0 Å². The van der Waals surface area contributed by atoms with Gasteiger partial charge in [-0.15, -0.1) is 0 Å². The van der Waals surface area contributed by atoms with Crippen LogP contribution in [-0.4, -0.2) is 4.98 Å². The molecule has 0 spiro atoms. The molecule has 0 bridgehead atoms. The second kappa shape index (κ2) is 16.1. The predicted octanol–water partition coefficient (Wildman–Crippen LogP) is 2.14. The van der Waals surface area contributed by atoms with Crippen molar-refractivity contribution in [2.45, 2.75) is 13.8 Å². The molecular weight excluding hydrogens is 150 g/mol. The smallest absolute Gasteiger partial charge is 0.0587 e. The van der Waals surface area contributed by atoms with E-state index in [-0.39, 0.29) is 0 Å². The van der Waals surface area contributed by atoms with Gasteiger partial charge in [0.2, 0.25) is 0 Å². The number of nitrogens with zero attached hydrogens (tertiary/aromatic N) is 3. The lowest BCUT2D eigenvalue weighted by atomic mass is 10.5. The van der Waals surface area contributed by atoms with Gasteiger partial charge in [0.1, 0.15) is 0 Å². The fourth-order valence-electron chi connectivity index (χ4n) is 0.313. The Bertz CT molecular complexity index is 191. The summed E-state index contributed by atoms with van der Waals surface area (Å²) >= 11 is 0. The Labute approximate surface area is 72.9 Å². The SMILES string of the molecule is CC#N.CC#N.c1ccncc1. The highest BCUT2D eigenvalue weighted by Gasteiger charge is 1.58. The van der Waals surface area contributed by atoms with Gasteiger partial charge in [0.05, 0.1) is 12.1 Å². The number of hydrogen-bond donors (Lipinski definition) is 0. The van der Waals surface area contributed by atoms with E-state index >= 15 is 0 Å². The normalized spacial score (nSPS) is 5.33. The van der Waals surface area contributed by atoms with Gasteiger partial charge >= 0.3 is 0 Å². The van der Waals surface area contributed by atoms with Gasteiger partial charge in [0, 0.05) is 26.2 Å². The van der Waals surface area contributed by atoms with E-state index in [0.717, 1.165) is 0 Å². The molecule has 0 aliphatic carbocycles. The molecule has 0 saturated heterocycles. The molecule has 3 nitrogen and oxygen atoms in total. The summed E-state index contributed by atoms with van der Waals surface area (Å²) < 4.78 is 0. The van der Waals surface area contributed by atoms with Gasteiger partial charge in [-0.2, -0.15) is 10.5 Å². The van der Waals surface area contributed by atoms with Crippen LogP contribution in [0.25, 0.3) is 0 Å². The second-order valence-electron chi connectivity index (χ2n) is 1.47. The van der Waals surface area contributed by atoms with E-state index in [1.54, 1.807) is 24.5 Å². The van der Waals surface area contributed by atoms with E-state index in [9.17, 15) is 0 Å². The predicted molar refractivity (Wildman–Crippen MR) is 46.8 cm³/mol. The molecule has 0 aliphatic rings. The summed E-state index contributed by atoms with van der Waals surface area (Å²) in [5, 5.41) is 14.6. The molecule has 0 radical (unpaired) electrons. The van der Waals surface area contributed by atoms with Crippen LogP contribution in [0.4, 0.5) is 0 Å². The van der Waals surface area contributed by atoms with Crippen LogP contribution in [0.15, 0.2) is 30.6 Å². The molecule has 0 aliphatic heterocycles. The topological polar surface area (TPSA) is 60.5 Å². The summed E-state index contributed by atoms with van der Waals surface area (Å²) in [6, 6.07) is 9.22. The van der Waals surface area contributed by atoms with Gasteiger partial charge in [0.15, 0.2) is 0 Å². The van der Waals surface area contributed by atoms with E-state index in [4.69, 9.17) is 10.5 Å². The fraction of sp³-hybridized carbons (Fsp3) is 0.222. The third-order valence-corrected chi connectivity index (χ3v) is 0.566. The number of rotatable bonds is 0. The fourth-order valence-corrected chi connectivity index (χ4v) is 0.313. The van der Waals surface area contributed by atoms with Crippen LogP contribution < -0.4 is 0 Å². The summed E-state index contributed by atoms with van der Waals surface area (Å²) in [7, 11) is 0. The van der Waals surface area contributed by atoms with E-state index in [1.807, 2.05) is 18.2 Å². The van der Waals surface area contributed by atoms with Crippen LogP contribution in [0.3, 0.4) is 0 Å². The first-order valence-electron chi connectivity index (χ1n) is 3.30. The Morgan fingerprint density at radius 2 is 1.25 bits per heavy atom. The first-order chi connectivity index (χ1) is 5.83. The standard InChI is InChI=1S/C5H5N.2C2H3N/c1-2-4-6-5-3-1;2*1-2-3/h1-5H;2*1H3. The van der Waals surface area contributed by atoms with Gasteiger partial charge in [0.25, 0.3) is 0 Å². The minimum atomic E-state index is 1.43. The highest BCUT2D eigenvalue weighted by molar-refractivity contribution is 4.88. The average molecular weight is 161 g/mol. The van der Waals surface area contributed by atoms with Crippen molar-refractivity contribution in [2.75, 3.05) is 0 Å². The largest absolute Gasteiger partial charge is 0.265 e. The highest BCUT2D eigenvalue weighted by atomic mass is 14.6. The summed E-state index contributed by atoms with van der Waals surface area (Å²) in [5.74, 6) is 0. The lowest BCUT2D eigenvalue weighted by Gasteiger charge is -1.70. The zero-order chi connectivity index (χ0) is 9.66. The van der Waals surface area contributed by atoms with Crippen molar-refractivity contribution in [3.8, 4) is 12.1 Å². The van der Waals surface area contributed by atoms with Crippen LogP contribution in [0.5, 0.6) is 0 Å². The summed E-state index contributed by atoms with van der Waals surface area (Å²) in [6.07, 6.45) is 3.50. The highest BCUT2D eigenvalue weighted by Crippen LogP contribution is 1.73. The Hall–Kier alpha value is -1.87.